The van der Waals surface area contributed by atoms with Gasteiger partial charge in [0.1, 0.15) is 0 Å². The van der Waals surface area contributed by atoms with E-state index in [1.807, 2.05) is 42.1 Å². The van der Waals surface area contributed by atoms with Gasteiger partial charge in [-0.15, -0.1) is 23.1 Å². The third-order valence-corrected chi connectivity index (χ3v) is 6.87. The van der Waals surface area contributed by atoms with Gasteiger partial charge < -0.3 is 5.32 Å². The Kier molecular flexibility index (Phi) is 7.67. The van der Waals surface area contributed by atoms with Crippen molar-refractivity contribution in [3.8, 4) is 0 Å². The van der Waals surface area contributed by atoms with Crippen LogP contribution < -0.4 is 5.32 Å². The number of nitrogens with one attached hydrogen (secondary N) is 1. The van der Waals surface area contributed by atoms with Crippen LogP contribution in [0.5, 0.6) is 0 Å². The van der Waals surface area contributed by atoms with Gasteiger partial charge in [-0.3, -0.25) is 4.79 Å². The zero-order valence-corrected chi connectivity index (χ0v) is 16.8. The van der Waals surface area contributed by atoms with Gasteiger partial charge in [0.05, 0.1) is 0 Å². The summed E-state index contributed by atoms with van der Waals surface area (Å²) in [6.07, 6.45) is 0. The highest BCUT2D eigenvalue weighted by Gasteiger charge is 2.05. The summed E-state index contributed by atoms with van der Waals surface area (Å²) in [5.41, 5.74) is 1.95. The monoisotopic (exact) mass is 399 g/mol. The van der Waals surface area contributed by atoms with E-state index in [4.69, 9.17) is 0 Å². The highest BCUT2D eigenvalue weighted by atomic mass is 32.2. The molecular formula is C21H21NOS3. The number of thioether (sulfide) groups is 2. The molecular weight excluding hydrogens is 378 g/mol. The first-order valence-electron chi connectivity index (χ1n) is 8.46. The van der Waals surface area contributed by atoms with Gasteiger partial charge in [0.25, 0.3) is 5.91 Å². The van der Waals surface area contributed by atoms with Crippen molar-refractivity contribution in [1.82, 2.24) is 5.32 Å². The van der Waals surface area contributed by atoms with Gasteiger partial charge in [-0.2, -0.15) is 11.8 Å². The number of rotatable bonds is 9. The van der Waals surface area contributed by atoms with Gasteiger partial charge >= 0.3 is 0 Å². The molecule has 3 rings (SSSR count). The van der Waals surface area contributed by atoms with E-state index in [1.165, 1.54) is 15.3 Å². The lowest BCUT2D eigenvalue weighted by Crippen LogP contribution is -2.25. The van der Waals surface area contributed by atoms with E-state index in [0.29, 0.717) is 6.54 Å². The number of carbonyl (C=O) groups is 1. The molecule has 0 unspecified atom stereocenters. The highest BCUT2D eigenvalue weighted by Crippen LogP contribution is 2.22. The molecule has 1 amide bonds. The Bertz CT molecular complexity index is 786. The molecule has 2 aromatic carbocycles. The number of carbonyl (C=O) groups excluding carboxylic acids is 1. The third-order valence-electron chi connectivity index (χ3n) is 3.72. The summed E-state index contributed by atoms with van der Waals surface area (Å²) in [6.45, 7) is 0.695. The van der Waals surface area contributed by atoms with Crippen LogP contribution in [0.25, 0.3) is 0 Å². The fourth-order valence-electron chi connectivity index (χ4n) is 2.34. The standard InChI is InChI=1S/C21H21NOS3/c23-21(22-12-14-24-16-20-7-4-13-25-20)18-10-8-17(9-11-18)15-26-19-5-2-1-3-6-19/h1-11,13H,12,14-16H2,(H,22,23). The molecule has 0 saturated heterocycles. The van der Waals surface area contributed by atoms with Crippen molar-refractivity contribution in [3.63, 3.8) is 0 Å². The fourth-order valence-corrected chi connectivity index (χ4v) is 4.92. The number of thiophene rings is 1. The van der Waals surface area contributed by atoms with Crippen LogP contribution in [0.1, 0.15) is 20.8 Å². The summed E-state index contributed by atoms with van der Waals surface area (Å²) in [7, 11) is 0. The Morgan fingerprint density at radius 2 is 1.73 bits per heavy atom. The van der Waals surface area contributed by atoms with Gasteiger partial charge in [-0.1, -0.05) is 36.4 Å². The minimum absolute atomic E-state index is 0.00369. The van der Waals surface area contributed by atoms with Crippen LogP contribution >= 0.6 is 34.9 Å². The molecule has 0 aliphatic heterocycles. The smallest absolute Gasteiger partial charge is 0.251 e. The van der Waals surface area contributed by atoms with Crippen LogP contribution in [0.15, 0.2) is 77.0 Å². The second kappa shape index (κ2) is 10.5. The fraction of sp³-hybridized carbons (Fsp3) is 0.190. The summed E-state index contributed by atoms with van der Waals surface area (Å²) in [5, 5.41) is 5.09. The second-order valence-corrected chi connectivity index (χ2v) is 8.87. The van der Waals surface area contributed by atoms with Crippen molar-refractivity contribution in [3.05, 3.63) is 88.1 Å². The molecule has 0 spiro atoms. The van der Waals surface area contributed by atoms with E-state index < -0.39 is 0 Å². The predicted octanol–water partition coefficient (Wildman–Crippen LogP) is 5.70. The Hall–Kier alpha value is -1.69. The molecule has 1 aromatic heterocycles. The molecule has 3 aromatic rings. The van der Waals surface area contributed by atoms with Crippen molar-refractivity contribution in [2.45, 2.75) is 16.4 Å². The van der Waals surface area contributed by atoms with Gasteiger partial charge in [0.2, 0.25) is 0 Å². The maximum absolute atomic E-state index is 12.2. The molecule has 1 heterocycles. The van der Waals surface area contributed by atoms with Crippen LogP contribution in [0.4, 0.5) is 0 Å². The zero-order valence-electron chi connectivity index (χ0n) is 14.4. The summed E-state index contributed by atoms with van der Waals surface area (Å²) in [4.78, 5) is 14.8. The molecule has 5 heteroatoms. The van der Waals surface area contributed by atoms with Gasteiger partial charge in [-0.25, -0.2) is 0 Å². The van der Waals surface area contributed by atoms with Gasteiger partial charge in [-0.05, 0) is 41.3 Å². The van der Waals surface area contributed by atoms with Crippen molar-refractivity contribution < 1.29 is 4.79 Å². The summed E-state index contributed by atoms with van der Waals surface area (Å²) >= 11 is 5.43. The van der Waals surface area contributed by atoms with Crippen molar-refractivity contribution in [1.29, 1.82) is 0 Å². The Morgan fingerprint density at radius 3 is 2.46 bits per heavy atom. The number of benzene rings is 2. The molecule has 0 atom stereocenters. The van der Waals surface area contributed by atoms with Gasteiger partial charge in [0.15, 0.2) is 0 Å². The van der Waals surface area contributed by atoms with E-state index >= 15 is 0 Å². The Balaban J connectivity index is 1.37. The lowest BCUT2D eigenvalue weighted by atomic mass is 10.1. The van der Waals surface area contributed by atoms with E-state index in [0.717, 1.165) is 22.8 Å². The lowest BCUT2D eigenvalue weighted by Gasteiger charge is -2.06. The molecule has 0 fully saturated rings. The van der Waals surface area contributed by atoms with E-state index in [1.54, 1.807) is 23.1 Å². The topological polar surface area (TPSA) is 29.1 Å². The number of hydrogen-bond acceptors (Lipinski definition) is 4. The van der Waals surface area contributed by atoms with Crippen LogP contribution in [-0.2, 0) is 11.5 Å². The van der Waals surface area contributed by atoms with E-state index in [2.05, 4.69) is 47.1 Å². The Labute approximate surface area is 167 Å². The number of hydrogen-bond donors (Lipinski definition) is 1. The van der Waals surface area contributed by atoms with E-state index in [-0.39, 0.29) is 5.91 Å². The van der Waals surface area contributed by atoms with Crippen LogP contribution in [-0.4, -0.2) is 18.2 Å². The first kappa shape index (κ1) is 19.1. The molecule has 2 nitrogen and oxygen atoms in total. The van der Waals surface area contributed by atoms with Crippen molar-refractivity contribution in [2.75, 3.05) is 12.3 Å². The quantitative estimate of drug-likeness (QED) is 0.369. The first-order chi connectivity index (χ1) is 12.8. The van der Waals surface area contributed by atoms with Crippen molar-refractivity contribution >= 4 is 40.8 Å². The molecule has 0 saturated carbocycles. The SMILES string of the molecule is O=C(NCCSCc1cccs1)c1ccc(CSc2ccccc2)cc1. The molecule has 134 valence electrons. The first-order valence-corrected chi connectivity index (χ1v) is 11.5. The molecule has 1 N–H and O–H groups in total. The summed E-state index contributed by atoms with van der Waals surface area (Å²) in [5.74, 6) is 2.85. The third kappa shape index (κ3) is 6.24. The maximum atomic E-state index is 12.2. The summed E-state index contributed by atoms with van der Waals surface area (Å²) < 4.78 is 0. The predicted molar refractivity (Wildman–Crippen MR) is 115 cm³/mol. The average molecular weight is 400 g/mol. The largest absolute Gasteiger partial charge is 0.351 e. The molecule has 0 bridgehead atoms. The van der Waals surface area contributed by atoms with Crippen molar-refractivity contribution in [2.24, 2.45) is 0 Å². The van der Waals surface area contributed by atoms with E-state index in [9.17, 15) is 4.79 Å². The molecule has 26 heavy (non-hydrogen) atoms. The minimum Gasteiger partial charge on any atom is -0.351 e. The Morgan fingerprint density at radius 1 is 0.923 bits per heavy atom. The van der Waals surface area contributed by atoms with Crippen LogP contribution in [0.2, 0.25) is 0 Å². The zero-order chi connectivity index (χ0) is 18.0. The second-order valence-electron chi connectivity index (χ2n) is 5.69. The normalized spacial score (nSPS) is 10.6. The van der Waals surface area contributed by atoms with Gasteiger partial charge in [0, 0.05) is 39.1 Å². The number of amides is 1. The lowest BCUT2D eigenvalue weighted by molar-refractivity contribution is 0.0956. The molecule has 0 aliphatic carbocycles. The maximum Gasteiger partial charge on any atom is 0.251 e. The minimum atomic E-state index is 0.00369. The molecule has 0 aliphatic rings. The highest BCUT2D eigenvalue weighted by molar-refractivity contribution is 7.98. The molecule has 0 radical (unpaired) electrons. The van der Waals surface area contributed by atoms with Crippen LogP contribution in [0, 0.1) is 0 Å². The summed E-state index contributed by atoms with van der Waals surface area (Å²) in [6, 6.07) is 22.5. The average Bonchev–Trinajstić information content (AvgIpc) is 3.21. The van der Waals surface area contributed by atoms with Crippen LogP contribution in [0.3, 0.4) is 0 Å².